The summed E-state index contributed by atoms with van der Waals surface area (Å²) in [4.78, 5) is 3.42. The van der Waals surface area contributed by atoms with Crippen LogP contribution >= 0.6 is 11.3 Å². The van der Waals surface area contributed by atoms with E-state index in [9.17, 15) is 17.2 Å². The predicted molar refractivity (Wildman–Crippen MR) is 84.9 cm³/mol. The van der Waals surface area contributed by atoms with E-state index >= 15 is 0 Å². The number of hydrogen-bond acceptors (Lipinski definition) is 4. The Bertz CT molecular complexity index is 902. The molecule has 0 aliphatic heterocycles. The van der Waals surface area contributed by atoms with Crippen molar-refractivity contribution in [3.63, 3.8) is 0 Å². The number of aromatic nitrogens is 1. The van der Waals surface area contributed by atoms with Gasteiger partial charge in [0.25, 0.3) is 0 Å². The summed E-state index contributed by atoms with van der Waals surface area (Å²) < 4.78 is 54.4. The average molecular weight is 354 g/mol. The zero-order chi connectivity index (χ0) is 16.4. The number of halogens is 2. The molecule has 0 fully saturated rings. The van der Waals surface area contributed by atoms with Crippen molar-refractivity contribution in [3.8, 4) is 0 Å². The van der Waals surface area contributed by atoms with Gasteiger partial charge in [-0.3, -0.25) is 0 Å². The molecule has 0 unspecified atom stereocenters. The lowest BCUT2D eigenvalue weighted by Crippen LogP contribution is -2.27. The van der Waals surface area contributed by atoms with E-state index in [1.165, 1.54) is 11.3 Å². The van der Waals surface area contributed by atoms with Gasteiger partial charge in [0.2, 0.25) is 10.0 Å². The maximum absolute atomic E-state index is 13.6. The van der Waals surface area contributed by atoms with Gasteiger partial charge in [-0.25, -0.2) is 26.9 Å². The zero-order valence-electron chi connectivity index (χ0n) is 11.8. The lowest BCUT2D eigenvalue weighted by molar-refractivity contribution is 0.514. The van der Waals surface area contributed by atoms with Crippen molar-refractivity contribution in [1.29, 1.82) is 0 Å². The number of rotatable bonds is 5. The summed E-state index contributed by atoms with van der Waals surface area (Å²) in [5.74, 6) is -2.23. The Morgan fingerprint density at radius 2 is 1.74 bits per heavy atom. The molecule has 0 amide bonds. The number of thiazole rings is 1. The van der Waals surface area contributed by atoms with Crippen molar-refractivity contribution in [2.75, 3.05) is 6.54 Å². The second-order valence-corrected chi connectivity index (χ2v) is 7.59. The molecule has 2 aromatic carbocycles. The monoisotopic (exact) mass is 354 g/mol. The third kappa shape index (κ3) is 3.39. The molecule has 0 bridgehead atoms. The van der Waals surface area contributed by atoms with E-state index in [2.05, 4.69) is 9.71 Å². The minimum absolute atomic E-state index is 0.00985. The highest BCUT2D eigenvalue weighted by atomic mass is 32.2. The fourth-order valence-corrected chi connectivity index (χ4v) is 4.26. The molecule has 1 N–H and O–H groups in total. The predicted octanol–water partition coefficient (Wildman–Crippen LogP) is 3.10. The van der Waals surface area contributed by atoms with Gasteiger partial charge in [0.05, 0.1) is 15.2 Å². The summed E-state index contributed by atoms with van der Waals surface area (Å²) >= 11 is 1.46. The highest BCUT2D eigenvalue weighted by Gasteiger charge is 2.23. The quantitative estimate of drug-likeness (QED) is 0.766. The maximum Gasteiger partial charge on any atom is 0.246 e. The lowest BCUT2D eigenvalue weighted by atomic mass is 10.3. The van der Waals surface area contributed by atoms with E-state index < -0.39 is 26.6 Å². The van der Waals surface area contributed by atoms with Gasteiger partial charge in [0.15, 0.2) is 4.90 Å². The van der Waals surface area contributed by atoms with Crippen molar-refractivity contribution in [2.45, 2.75) is 11.3 Å². The first-order chi connectivity index (χ1) is 11.0. The summed E-state index contributed by atoms with van der Waals surface area (Å²) in [5, 5.41) is 0.753. The number of para-hydroxylation sites is 1. The van der Waals surface area contributed by atoms with E-state index in [4.69, 9.17) is 0 Å². The van der Waals surface area contributed by atoms with Gasteiger partial charge in [0.1, 0.15) is 11.6 Å². The van der Waals surface area contributed by atoms with E-state index in [0.717, 1.165) is 33.4 Å². The number of hydrogen-bond donors (Lipinski definition) is 1. The Labute approximate surface area is 135 Å². The number of fused-ring (bicyclic) bond motifs is 1. The first kappa shape index (κ1) is 16.0. The molecule has 0 saturated carbocycles. The normalized spacial score (nSPS) is 11.9. The van der Waals surface area contributed by atoms with Gasteiger partial charge >= 0.3 is 0 Å². The third-order valence-electron chi connectivity index (χ3n) is 3.16. The van der Waals surface area contributed by atoms with Crippen molar-refractivity contribution in [2.24, 2.45) is 0 Å². The van der Waals surface area contributed by atoms with Gasteiger partial charge in [-0.1, -0.05) is 18.2 Å². The van der Waals surface area contributed by atoms with Crippen LogP contribution in [0.3, 0.4) is 0 Å². The fourth-order valence-electron chi connectivity index (χ4n) is 2.13. The summed E-state index contributed by atoms with van der Waals surface area (Å²) in [5.41, 5.74) is 0.843. The second kappa shape index (κ2) is 6.31. The van der Waals surface area contributed by atoms with Crippen molar-refractivity contribution in [3.05, 3.63) is 59.1 Å². The van der Waals surface area contributed by atoms with Crippen LogP contribution in [0.15, 0.2) is 47.4 Å². The molecule has 3 aromatic rings. The molecule has 8 heteroatoms. The summed E-state index contributed by atoms with van der Waals surface area (Å²) in [6.07, 6.45) is 0.342. The van der Waals surface area contributed by atoms with Gasteiger partial charge in [-0.05, 0) is 24.3 Å². The second-order valence-electron chi connectivity index (χ2n) is 4.77. The fraction of sp³-hybridized carbons (Fsp3) is 0.133. The Balaban J connectivity index is 1.72. The maximum atomic E-state index is 13.6. The molecular weight excluding hydrogens is 342 g/mol. The van der Waals surface area contributed by atoms with Crippen LogP contribution in [0.4, 0.5) is 8.78 Å². The number of sulfonamides is 1. The van der Waals surface area contributed by atoms with Crippen molar-refractivity contribution < 1.29 is 17.2 Å². The van der Waals surface area contributed by atoms with Crippen LogP contribution in [0.5, 0.6) is 0 Å². The molecule has 0 aliphatic carbocycles. The standard InChI is InChI=1S/C15H12F2N2O2S2/c16-10-4-3-5-11(17)15(10)23(20,21)18-9-8-14-19-12-6-1-2-7-13(12)22-14/h1-7,18H,8-9H2. The molecule has 0 saturated heterocycles. The Morgan fingerprint density at radius 3 is 2.43 bits per heavy atom. The van der Waals surface area contributed by atoms with Crippen LogP contribution in [0.2, 0.25) is 0 Å². The molecule has 0 atom stereocenters. The van der Waals surface area contributed by atoms with Crippen LogP contribution in [-0.2, 0) is 16.4 Å². The molecule has 4 nitrogen and oxygen atoms in total. The van der Waals surface area contributed by atoms with E-state index in [1.54, 1.807) is 0 Å². The van der Waals surface area contributed by atoms with E-state index in [0.29, 0.717) is 6.42 Å². The number of nitrogens with zero attached hydrogens (tertiary/aromatic N) is 1. The van der Waals surface area contributed by atoms with Crippen LogP contribution in [-0.4, -0.2) is 19.9 Å². The van der Waals surface area contributed by atoms with Gasteiger partial charge in [-0.2, -0.15) is 0 Å². The SMILES string of the molecule is O=S(=O)(NCCc1nc2ccccc2s1)c1c(F)cccc1F. The minimum atomic E-state index is -4.24. The first-order valence-electron chi connectivity index (χ1n) is 6.75. The first-order valence-corrected chi connectivity index (χ1v) is 9.05. The van der Waals surface area contributed by atoms with Crippen molar-refractivity contribution in [1.82, 2.24) is 9.71 Å². The van der Waals surface area contributed by atoms with Crippen LogP contribution in [0.25, 0.3) is 10.2 Å². The molecular formula is C15H12F2N2O2S2. The van der Waals surface area contributed by atoms with Gasteiger partial charge < -0.3 is 0 Å². The van der Waals surface area contributed by atoms with Crippen LogP contribution < -0.4 is 4.72 Å². The summed E-state index contributed by atoms with van der Waals surface area (Å²) in [6, 6.07) is 10.5. The molecule has 0 spiro atoms. The van der Waals surface area contributed by atoms with E-state index in [-0.39, 0.29) is 6.54 Å². The smallest absolute Gasteiger partial charge is 0.241 e. The van der Waals surface area contributed by atoms with Crippen LogP contribution in [0.1, 0.15) is 5.01 Å². The highest BCUT2D eigenvalue weighted by Crippen LogP contribution is 2.22. The number of nitrogens with one attached hydrogen (secondary N) is 1. The minimum Gasteiger partial charge on any atom is -0.241 e. The Hall–Kier alpha value is -1.90. The Kier molecular flexibility index (Phi) is 4.38. The van der Waals surface area contributed by atoms with Crippen LogP contribution in [0, 0.1) is 11.6 Å². The largest absolute Gasteiger partial charge is 0.246 e. The molecule has 23 heavy (non-hydrogen) atoms. The summed E-state index contributed by atoms with van der Waals surface area (Å²) in [6.45, 7) is 0.00985. The van der Waals surface area contributed by atoms with Crippen molar-refractivity contribution >= 4 is 31.6 Å². The third-order valence-corrected chi connectivity index (χ3v) is 5.76. The molecule has 3 rings (SSSR count). The van der Waals surface area contributed by atoms with Gasteiger partial charge in [0, 0.05) is 13.0 Å². The average Bonchev–Trinajstić information content (AvgIpc) is 2.89. The molecule has 0 radical (unpaired) electrons. The highest BCUT2D eigenvalue weighted by molar-refractivity contribution is 7.89. The molecule has 1 aromatic heterocycles. The molecule has 0 aliphatic rings. The Morgan fingerprint density at radius 1 is 1.04 bits per heavy atom. The summed E-state index contributed by atoms with van der Waals surface area (Å²) in [7, 11) is -4.24. The lowest BCUT2D eigenvalue weighted by Gasteiger charge is -2.07. The molecule has 1 heterocycles. The number of benzene rings is 2. The topological polar surface area (TPSA) is 59.1 Å². The van der Waals surface area contributed by atoms with E-state index in [1.807, 2.05) is 24.3 Å². The molecule has 120 valence electrons. The van der Waals surface area contributed by atoms with Gasteiger partial charge in [-0.15, -0.1) is 11.3 Å². The zero-order valence-corrected chi connectivity index (χ0v) is 13.4.